The standard InChI is InChI=1S/C23H33N3O5S/c1-32(30,31)25-21(28)10-12-23(13-14-23)11-5-15-26-19(17-24-22(26)29)8-9-20(27)16-18-6-3-2-4-7-18/h2-4,6-9,19-20,27H,5,10-17H2,1H3,(H,24,29)(H,25,28)/b9-8+/t19-,20?/m0/s1. The lowest BCUT2D eigenvalue weighted by atomic mass is 9.94. The van der Waals surface area contributed by atoms with Crippen molar-refractivity contribution in [1.82, 2.24) is 14.9 Å². The first-order chi connectivity index (χ1) is 15.2. The van der Waals surface area contributed by atoms with E-state index in [-0.39, 0.29) is 23.9 Å². The molecule has 2 fully saturated rings. The number of nitrogens with zero attached hydrogens (tertiary/aromatic N) is 1. The Morgan fingerprint density at radius 2 is 2.03 bits per heavy atom. The van der Waals surface area contributed by atoms with E-state index in [4.69, 9.17) is 0 Å². The number of aliphatic hydroxyl groups is 1. The van der Waals surface area contributed by atoms with E-state index in [0.29, 0.717) is 25.9 Å². The van der Waals surface area contributed by atoms with Crippen molar-refractivity contribution < 1.29 is 23.1 Å². The summed E-state index contributed by atoms with van der Waals surface area (Å²) >= 11 is 0. The van der Waals surface area contributed by atoms with Crippen LogP contribution in [0.5, 0.6) is 0 Å². The Morgan fingerprint density at radius 3 is 2.69 bits per heavy atom. The average Bonchev–Trinajstić information content (AvgIpc) is 3.41. The van der Waals surface area contributed by atoms with Gasteiger partial charge in [-0.25, -0.2) is 13.2 Å². The lowest BCUT2D eigenvalue weighted by molar-refractivity contribution is -0.119. The van der Waals surface area contributed by atoms with Crippen LogP contribution in [0.4, 0.5) is 4.79 Å². The van der Waals surface area contributed by atoms with Gasteiger partial charge in [-0.15, -0.1) is 0 Å². The van der Waals surface area contributed by atoms with Gasteiger partial charge in [0.25, 0.3) is 0 Å². The van der Waals surface area contributed by atoms with Crippen LogP contribution in [0.3, 0.4) is 0 Å². The first-order valence-corrected chi connectivity index (χ1v) is 13.0. The third-order valence-corrected chi connectivity index (χ3v) is 6.81. The normalized spacial score (nSPS) is 20.9. The summed E-state index contributed by atoms with van der Waals surface area (Å²) < 4.78 is 24.3. The molecule has 1 unspecified atom stereocenters. The predicted molar refractivity (Wildman–Crippen MR) is 122 cm³/mol. The van der Waals surface area contributed by atoms with Crippen molar-refractivity contribution in [1.29, 1.82) is 0 Å². The monoisotopic (exact) mass is 463 g/mol. The van der Waals surface area contributed by atoms with Gasteiger partial charge in [0.2, 0.25) is 15.9 Å². The number of nitrogens with one attached hydrogen (secondary N) is 2. The molecule has 1 saturated heterocycles. The van der Waals surface area contributed by atoms with Crippen molar-refractivity contribution in [3.63, 3.8) is 0 Å². The number of sulfonamides is 1. The molecule has 1 aromatic rings. The number of amides is 3. The molecule has 2 aliphatic rings. The number of carbonyl (C=O) groups excluding carboxylic acids is 2. The summed E-state index contributed by atoms with van der Waals surface area (Å²) in [5.74, 6) is -0.461. The molecule has 1 aliphatic carbocycles. The van der Waals surface area contributed by atoms with Gasteiger partial charge in [-0.2, -0.15) is 0 Å². The van der Waals surface area contributed by atoms with E-state index in [9.17, 15) is 23.1 Å². The molecule has 1 aliphatic heterocycles. The first-order valence-electron chi connectivity index (χ1n) is 11.1. The van der Waals surface area contributed by atoms with E-state index in [2.05, 4.69) is 5.32 Å². The number of carbonyl (C=O) groups is 2. The van der Waals surface area contributed by atoms with Crippen molar-refractivity contribution in [2.24, 2.45) is 5.41 Å². The zero-order valence-corrected chi connectivity index (χ0v) is 19.3. The Hall–Kier alpha value is -2.39. The Kier molecular flexibility index (Phi) is 7.95. The lowest BCUT2D eigenvalue weighted by Crippen LogP contribution is -2.34. The number of hydrogen-bond donors (Lipinski definition) is 3. The highest BCUT2D eigenvalue weighted by Crippen LogP contribution is 2.53. The van der Waals surface area contributed by atoms with E-state index in [1.165, 1.54) is 0 Å². The highest BCUT2D eigenvalue weighted by Gasteiger charge is 2.42. The van der Waals surface area contributed by atoms with Crippen LogP contribution in [0.2, 0.25) is 0 Å². The molecule has 0 bridgehead atoms. The number of rotatable bonds is 12. The molecule has 0 aromatic heterocycles. The second-order valence-electron chi connectivity index (χ2n) is 8.99. The summed E-state index contributed by atoms with van der Waals surface area (Å²) in [6, 6.07) is 9.58. The fourth-order valence-corrected chi connectivity index (χ4v) is 4.75. The molecule has 1 saturated carbocycles. The van der Waals surface area contributed by atoms with Crippen LogP contribution < -0.4 is 10.0 Å². The molecule has 0 radical (unpaired) electrons. The minimum absolute atomic E-state index is 0.0856. The van der Waals surface area contributed by atoms with Crippen LogP contribution >= 0.6 is 0 Å². The van der Waals surface area contributed by atoms with Crippen molar-refractivity contribution in [3.05, 3.63) is 48.0 Å². The van der Waals surface area contributed by atoms with Gasteiger partial charge in [0, 0.05) is 25.9 Å². The van der Waals surface area contributed by atoms with Gasteiger partial charge in [0.05, 0.1) is 18.4 Å². The molecule has 2 atom stereocenters. The van der Waals surface area contributed by atoms with Crippen molar-refractivity contribution in [2.75, 3.05) is 19.3 Å². The maximum Gasteiger partial charge on any atom is 0.318 e. The molecule has 1 aromatic carbocycles. The summed E-state index contributed by atoms with van der Waals surface area (Å²) in [7, 11) is -3.52. The Balaban J connectivity index is 1.43. The Bertz CT molecular complexity index is 928. The maximum absolute atomic E-state index is 12.2. The van der Waals surface area contributed by atoms with Gasteiger partial charge in [-0.1, -0.05) is 42.5 Å². The second kappa shape index (κ2) is 10.5. The van der Waals surface area contributed by atoms with Crippen LogP contribution in [0.15, 0.2) is 42.5 Å². The zero-order valence-electron chi connectivity index (χ0n) is 18.5. The van der Waals surface area contributed by atoms with E-state index in [1.807, 2.05) is 41.1 Å². The summed E-state index contributed by atoms with van der Waals surface area (Å²) in [5.41, 5.74) is 1.14. The number of aliphatic hydroxyl groups excluding tert-OH is 1. The maximum atomic E-state index is 12.2. The SMILES string of the molecule is CS(=O)(=O)NC(=O)CCC1(CCCN2C(=O)NC[C@@H]2/C=C/C(O)Cc2ccccc2)CC1. The van der Waals surface area contributed by atoms with Crippen LogP contribution in [0.1, 0.15) is 44.1 Å². The van der Waals surface area contributed by atoms with Gasteiger partial charge >= 0.3 is 6.03 Å². The molecule has 176 valence electrons. The van der Waals surface area contributed by atoms with Crippen molar-refractivity contribution in [2.45, 2.75) is 57.1 Å². The topological polar surface area (TPSA) is 116 Å². The largest absolute Gasteiger partial charge is 0.389 e. The van der Waals surface area contributed by atoms with Gasteiger partial charge in [-0.3, -0.25) is 9.52 Å². The van der Waals surface area contributed by atoms with Crippen molar-refractivity contribution >= 4 is 22.0 Å². The minimum atomic E-state index is -3.52. The molecule has 3 N–H and O–H groups in total. The molecule has 3 rings (SSSR count). The van der Waals surface area contributed by atoms with E-state index >= 15 is 0 Å². The number of hydrogen-bond acceptors (Lipinski definition) is 5. The fraction of sp³-hybridized carbons (Fsp3) is 0.565. The summed E-state index contributed by atoms with van der Waals surface area (Å²) in [5, 5.41) is 13.2. The molecular formula is C23H33N3O5S. The molecule has 9 heteroatoms. The average molecular weight is 464 g/mol. The number of urea groups is 1. The van der Waals surface area contributed by atoms with Gasteiger partial charge < -0.3 is 15.3 Å². The van der Waals surface area contributed by atoms with Crippen LogP contribution in [0, 0.1) is 5.41 Å². The summed E-state index contributed by atoms with van der Waals surface area (Å²) in [6.07, 6.45) is 9.18. The fourth-order valence-electron chi connectivity index (χ4n) is 4.24. The zero-order chi connectivity index (χ0) is 23.2. The van der Waals surface area contributed by atoms with Crippen LogP contribution in [-0.2, 0) is 21.2 Å². The molecule has 0 spiro atoms. The van der Waals surface area contributed by atoms with E-state index in [0.717, 1.165) is 37.5 Å². The Morgan fingerprint density at radius 1 is 1.31 bits per heavy atom. The molecule has 1 heterocycles. The van der Waals surface area contributed by atoms with Crippen LogP contribution in [0.25, 0.3) is 0 Å². The minimum Gasteiger partial charge on any atom is -0.389 e. The van der Waals surface area contributed by atoms with Crippen LogP contribution in [-0.4, -0.2) is 61.9 Å². The van der Waals surface area contributed by atoms with E-state index < -0.39 is 22.0 Å². The molecule has 3 amide bonds. The second-order valence-corrected chi connectivity index (χ2v) is 10.7. The quantitative estimate of drug-likeness (QED) is 0.410. The lowest BCUT2D eigenvalue weighted by Gasteiger charge is -2.22. The third-order valence-electron chi connectivity index (χ3n) is 6.21. The molecule has 8 nitrogen and oxygen atoms in total. The predicted octanol–water partition coefficient (Wildman–Crippen LogP) is 1.96. The molecule has 32 heavy (non-hydrogen) atoms. The highest BCUT2D eigenvalue weighted by molar-refractivity contribution is 7.89. The smallest absolute Gasteiger partial charge is 0.318 e. The van der Waals surface area contributed by atoms with Gasteiger partial charge in [-0.05, 0) is 43.1 Å². The number of benzene rings is 1. The summed E-state index contributed by atoms with van der Waals surface area (Å²) in [6.45, 7) is 1.12. The van der Waals surface area contributed by atoms with Gasteiger partial charge in [0.1, 0.15) is 0 Å². The van der Waals surface area contributed by atoms with E-state index in [1.54, 1.807) is 11.0 Å². The summed E-state index contributed by atoms with van der Waals surface area (Å²) in [4.78, 5) is 25.8. The van der Waals surface area contributed by atoms with Gasteiger partial charge in [0.15, 0.2) is 0 Å². The third kappa shape index (κ3) is 7.63. The highest BCUT2D eigenvalue weighted by atomic mass is 32.2. The Labute approximate surface area is 190 Å². The van der Waals surface area contributed by atoms with Crippen molar-refractivity contribution in [3.8, 4) is 0 Å². The first kappa shape index (κ1) is 24.3. The molecular weight excluding hydrogens is 430 g/mol.